The Morgan fingerprint density at radius 2 is 2.22 bits per heavy atom. The van der Waals surface area contributed by atoms with Gasteiger partial charge in [-0.3, -0.25) is 4.79 Å². The maximum absolute atomic E-state index is 13.4. The van der Waals surface area contributed by atoms with E-state index in [-0.39, 0.29) is 11.7 Å². The molecule has 0 bridgehead atoms. The molecule has 18 heavy (non-hydrogen) atoms. The molecule has 1 rings (SSSR count). The third kappa shape index (κ3) is 4.01. The fourth-order valence-corrected chi connectivity index (χ4v) is 1.88. The van der Waals surface area contributed by atoms with Crippen LogP contribution in [-0.4, -0.2) is 18.5 Å². The summed E-state index contributed by atoms with van der Waals surface area (Å²) in [5, 5.41) is 5.67. The Labute approximate surface area is 120 Å². The first-order chi connectivity index (χ1) is 8.45. The summed E-state index contributed by atoms with van der Waals surface area (Å²) in [5.74, 6) is -0.483. The second-order valence-electron chi connectivity index (χ2n) is 4.01. The molecule has 0 saturated carbocycles. The number of nitrogen functional groups attached to an aromatic ring is 1. The fraction of sp³-hybridized carbons (Fsp3) is 0.417. The Bertz CT molecular complexity index is 440. The first-order valence-electron chi connectivity index (χ1n) is 5.74. The predicted molar refractivity (Wildman–Crippen MR) is 79.9 cm³/mol. The Morgan fingerprint density at radius 1 is 1.56 bits per heavy atom. The number of anilines is 2. The highest BCUT2D eigenvalue weighted by Gasteiger charge is 2.14. The van der Waals surface area contributed by atoms with E-state index in [1.54, 1.807) is 6.92 Å². The van der Waals surface area contributed by atoms with Crippen molar-refractivity contribution < 1.29 is 9.18 Å². The average molecular weight is 365 g/mol. The minimum absolute atomic E-state index is 0.129. The number of nitrogens with one attached hydrogen (secondary N) is 2. The SMILES string of the molecule is CCCNC(=O)C(C)Nc1cc(F)c(I)cc1N. The van der Waals surface area contributed by atoms with Gasteiger partial charge in [0.1, 0.15) is 11.9 Å². The molecule has 1 unspecified atom stereocenters. The van der Waals surface area contributed by atoms with Crippen molar-refractivity contribution in [2.75, 3.05) is 17.6 Å². The van der Waals surface area contributed by atoms with Gasteiger partial charge in [-0.05, 0) is 42.0 Å². The van der Waals surface area contributed by atoms with Crippen molar-refractivity contribution in [1.29, 1.82) is 0 Å². The Balaban J connectivity index is 2.72. The number of halogens is 2. The lowest BCUT2D eigenvalue weighted by atomic mass is 10.2. The highest BCUT2D eigenvalue weighted by molar-refractivity contribution is 14.1. The van der Waals surface area contributed by atoms with Crippen LogP contribution in [0.1, 0.15) is 20.3 Å². The molecule has 0 fully saturated rings. The summed E-state index contributed by atoms with van der Waals surface area (Å²) >= 11 is 1.87. The molecular weight excluding hydrogens is 348 g/mol. The molecule has 0 aliphatic rings. The van der Waals surface area contributed by atoms with Crippen LogP contribution in [0.25, 0.3) is 0 Å². The van der Waals surface area contributed by atoms with Gasteiger partial charge in [-0.15, -0.1) is 0 Å². The van der Waals surface area contributed by atoms with Crippen LogP contribution in [0, 0.1) is 9.39 Å². The number of nitrogens with two attached hydrogens (primary N) is 1. The first kappa shape index (κ1) is 15.0. The Morgan fingerprint density at radius 3 is 2.83 bits per heavy atom. The molecule has 6 heteroatoms. The number of amides is 1. The molecule has 4 N–H and O–H groups in total. The first-order valence-corrected chi connectivity index (χ1v) is 6.82. The zero-order chi connectivity index (χ0) is 13.7. The second-order valence-corrected chi connectivity index (χ2v) is 5.17. The van der Waals surface area contributed by atoms with Crippen LogP contribution in [0.15, 0.2) is 12.1 Å². The third-order valence-electron chi connectivity index (χ3n) is 2.41. The van der Waals surface area contributed by atoms with E-state index in [9.17, 15) is 9.18 Å². The van der Waals surface area contributed by atoms with E-state index in [1.807, 2.05) is 29.5 Å². The summed E-state index contributed by atoms with van der Waals surface area (Å²) in [6, 6.07) is 2.38. The van der Waals surface area contributed by atoms with Crippen molar-refractivity contribution in [3.8, 4) is 0 Å². The largest absolute Gasteiger partial charge is 0.397 e. The minimum Gasteiger partial charge on any atom is -0.397 e. The van der Waals surface area contributed by atoms with Crippen LogP contribution in [0.2, 0.25) is 0 Å². The minimum atomic E-state index is -0.460. The van der Waals surface area contributed by atoms with Crippen LogP contribution in [0.3, 0.4) is 0 Å². The number of carbonyl (C=O) groups excluding carboxylic acids is 1. The smallest absolute Gasteiger partial charge is 0.242 e. The average Bonchev–Trinajstić information content (AvgIpc) is 2.32. The van der Waals surface area contributed by atoms with Crippen LogP contribution in [0.5, 0.6) is 0 Å². The molecule has 0 heterocycles. The normalized spacial score (nSPS) is 12.0. The molecule has 0 spiro atoms. The molecule has 0 saturated heterocycles. The number of hydrogen-bond acceptors (Lipinski definition) is 3. The number of hydrogen-bond donors (Lipinski definition) is 3. The molecule has 100 valence electrons. The zero-order valence-corrected chi connectivity index (χ0v) is 12.5. The van der Waals surface area contributed by atoms with Crippen LogP contribution in [0.4, 0.5) is 15.8 Å². The van der Waals surface area contributed by atoms with E-state index in [2.05, 4.69) is 10.6 Å². The van der Waals surface area contributed by atoms with Gasteiger partial charge in [-0.25, -0.2) is 4.39 Å². The van der Waals surface area contributed by atoms with Crippen molar-refractivity contribution in [2.45, 2.75) is 26.3 Å². The van der Waals surface area contributed by atoms with Gasteiger partial charge in [0, 0.05) is 12.6 Å². The van der Waals surface area contributed by atoms with Crippen LogP contribution in [-0.2, 0) is 4.79 Å². The highest BCUT2D eigenvalue weighted by atomic mass is 127. The molecular formula is C12H17FIN3O. The number of benzene rings is 1. The topological polar surface area (TPSA) is 67.2 Å². The molecule has 0 aromatic heterocycles. The summed E-state index contributed by atoms with van der Waals surface area (Å²) in [5.41, 5.74) is 6.64. The lowest BCUT2D eigenvalue weighted by Gasteiger charge is -2.16. The molecule has 1 aromatic rings. The van der Waals surface area contributed by atoms with Gasteiger partial charge in [0.15, 0.2) is 0 Å². The van der Waals surface area contributed by atoms with E-state index >= 15 is 0 Å². The van der Waals surface area contributed by atoms with Gasteiger partial charge < -0.3 is 16.4 Å². The summed E-state index contributed by atoms with van der Waals surface area (Å²) in [6.45, 7) is 4.31. The van der Waals surface area contributed by atoms with Gasteiger partial charge in [-0.1, -0.05) is 6.92 Å². The van der Waals surface area contributed by atoms with Gasteiger partial charge in [0.2, 0.25) is 5.91 Å². The fourth-order valence-electron chi connectivity index (χ4n) is 1.39. The van der Waals surface area contributed by atoms with E-state index in [1.165, 1.54) is 12.1 Å². The number of carbonyl (C=O) groups is 1. The molecule has 4 nitrogen and oxygen atoms in total. The van der Waals surface area contributed by atoms with E-state index in [4.69, 9.17) is 5.73 Å². The quantitative estimate of drug-likeness (QED) is 0.554. The monoisotopic (exact) mass is 365 g/mol. The van der Waals surface area contributed by atoms with Crippen molar-refractivity contribution in [2.24, 2.45) is 0 Å². The Kier molecular flexibility index (Phi) is 5.64. The predicted octanol–water partition coefficient (Wildman–Crippen LogP) is 2.34. The van der Waals surface area contributed by atoms with E-state index in [0.29, 0.717) is 21.5 Å². The van der Waals surface area contributed by atoms with Gasteiger partial charge in [0.05, 0.1) is 14.9 Å². The molecule has 0 aliphatic carbocycles. The molecule has 0 aliphatic heterocycles. The maximum Gasteiger partial charge on any atom is 0.242 e. The third-order valence-corrected chi connectivity index (χ3v) is 3.23. The molecule has 0 radical (unpaired) electrons. The zero-order valence-electron chi connectivity index (χ0n) is 10.4. The van der Waals surface area contributed by atoms with Crippen LogP contribution < -0.4 is 16.4 Å². The van der Waals surface area contributed by atoms with Crippen molar-refractivity contribution in [3.05, 3.63) is 21.5 Å². The van der Waals surface area contributed by atoms with E-state index in [0.717, 1.165) is 6.42 Å². The highest BCUT2D eigenvalue weighted by Crippen LogP contribution is 2.24. The van der Waals surface area contributed by atoms with Crippen LogP contribution >= 0.6 is 22.6 Å². The lowest BCUT2D eigenvalue weighted by molar-refractivity contribution is -0.121. The van der Waals surface area contributed by atoms with E-state index < -0.39 is 6.04 Å². The van der Waals surface area contributed by atoms with Gasteiger partial charge >= 0.3 is 0 Å². The molecule has 1 atom stereocenters. The standard InChI is InChI=1S/C12H17FIN3O/c1-3-4-16-12(18)7(2)17-11-5-8(13)9(14)6-10(11)15/h5-7,17H,3-4,15H2,1-2H3,(H,16,18). The maximum atomic E-state index is 13.4. The summed E-state index contributed by atoms with van der Waals surface area (Å²) in [4.78, 5) is 11.7. The van der Waals surface area contributed by atoms with Gasteiger partial charge in [0.25, 0.3) is 0 Å². The Hall–Kier alpha value is -1.05. The summed E-state index contributed by atoms with van der Waals surface area (Å²) in [7, 11) is 0. The summed E-state index contributed by atoms with van der Waals surface area (Å²) < 4.78 is 13.9. The van der Waals surface area contributed by atoms with Crippen molar-refractivity contribution >= 4 is 39.9 Å². The van der Waals surface area contributed by atoms with Crippen molar-refractivity contribution in [3.63, 3.8) is 0 Å². The molecule has 1 amide bonds. The second kappa shape index (κ2) is 6.77. The van der Waals surface area contributed by atoms with Crippen molar-refractivity contribution in [1.82, 2.24) is 5.32 Å². The molecule has 1 aromatic carbocycles. The van der Waals surface area contributed by atoms with Gasteiger partial charge in [-0.2, -0.15) is 0 Å². The summed E-state index contributed by atoms with van der Waals surface area (Å²) in [6.07, 6.45) is 0.874. The lowest BCUT2D eigenvalue weighted by Crippen LogP contribution is -2.38. The number of rotatable bonds is 5.